The third-order valence-electron chi connectivity index (χ3n) is 8.01. The first kappa shape index (κ1) is 31.1. The number of rotatable bonds is 3. The predicted octanol–water partition coefficient (Wildman–Crippen LogP) is 3.37. The molecule has 0 spiro atoms. The first-order valence-electron chi connectivity index (χ1n) is 14.5. The van der Waals surface area contributed by atoms with Crippen LogP contribution in [0.3, 0.4) is 0 Å². The van der Waals surface area contributed by atoms with Crippen LogP contribution in [0, 0.1) is 11.3 Å². The number of aromatic nitrogens is 1. The standard InChI is InChI=1S/C31H40FN5O5/c1-6-31(17-32)14-13-21-9-10-22-11-12-23(35-25(22)16-21)19(4)33-27(38)24-8-7-15-37(36-24)29(40)20(5)34-28(39)26(18(2)3)42-30(31)41/h9-14,16,18-20,24,26,36H,6-8,15,17H2,1-5H3,(H,33,38)(H,34,39)/b14-13+/t19-,20+,24+,26+,31?/m1/s1. The van der Waals surface area contributed by atoms with Crippen LogP contribution >= 0.6 is 0 Å². The number of carbonyl (C=O) groups is 4. The third-order valence-corrected chi connectivity index (χ3v) is 8.01. The first-order valence-corrected chi connectivity index (χ1v) is 14.5. The van der Waals surface area contributed by atoms with Crippen molar-refractivity contribution in [3.05, 3.63) is 47.7 Å². The molecule has 226 valence electrons. The number of ether oxygens (including phenoxy) is 1. The minimum Gasteiger partial charge on any atom is -0.451 e. The van der Waals surface area contributed by atoms with Gasteiger partial charge in [0, 0.05) is 11.9 Å². The van der Waals surface area contributed by atoms with Crippen molar-refractivity contribution < 1.29 is 28.3 Å². The molecule has 42 heavy (non-hydrogen) atoms. The van der Waals surface area contributed by atoms with E-state index in [2.05, 4.69) is 16.1 Å². The van der Waals surface area contributed by atoms with Gasteiger partial charge in [0.2, 0.25) is 5.91 Å². The monoisotopic (exact) mass is 581 g/mol. The fraction of sp³-hybridized carbons (Fsp3) is 0.516. The molecule has 1 aromatic heterocycles. The molecule has 4 rings (SSSR count). The summed E-state index contributed by atoms with van der Waals surface area (Å²) in [6.07, 6.45) is 3.11. The van der Waals surface area contributed by atoms with E-state index in [9.17, 15) is 23.6 Å². The lowest BCUT2D eigenvalue weighted by atomic mass is 9.85. The van der Waals surface area contributed by atoms with Crippen molar-refractivity contribution in [2.24, 2.45) is 11.3 Å². The number of benzene rings is 1. The molecule has 1 aromatic carbocycles. The summed E-state index contributed by atoms with van der Waals surface area (Å²) >= 11 is 0. The number of pyridine rings is 1. The summed E-state index contributed by atoms with van der Waals surface area (Å²) in [4.78, 5) is 57.8. The van der Waals surface area contributed by atoms with E-state index in [-0.39, 0.29) is 12.3 Å². The summed E-state index contributed by atoms with van der Waals surface area (Å²) in [5.41, 5.74) is 3.41. The van der Waals surface area contributed by atoms with Crippen molar-refractivity contribution in [3.8, 4) is 0 Å². The van der Waals surface area contributed by atoms with Crippen molar-refractivity contribution in [2.45, 2.75) is 78.1 Å². The Labute approximate surface area is 245 Å². The molecule has 11 heteroatoms. The molecular weight excluding hydrogens is 541 g/mol. The molecular formula is C31H40FN5O5. The summed E-state index contributed by atoms with van der Waals surface area (Å²) in [6, 6.07) is 7.27. The quantitative estimate of drug-likeness (QED) is 0.474. The lowest BCUT2D eigenvalue weighted by molar-refractivity contribution is -0.167. The van der Waals surface area contributed by atoms with E-state index in [1.165, 1.54) is 18.0 Å². The molecule has 1 fully saturated rings. The zero-order valence-electron chi connectivity index (χ0n) is 24.8. The van der Waals surface area contributed by atoms with Crippen LogP contribution in [0.5, 0.6) is 0 Å². The maximum Gasteiger partial charge on any atom is 0.319 e. The number of hydrazine groups is 1. The van der Waals surface area contributed by atoms with Gasteiger partial charge in [-0.25, -0.2) is 9.82 Å². The number of esters is 1. The van der Waals surface area contributed by atoms with Gasteiger partial charge in [-0.1, -0.05) is 51.1 Å². The number of fused-ring (bicyclic) bond motifs is 4. The Hall–Kier alpha value is -3.86. The number of hydrogen-bond donors (Lipinski definition) is 3. The van der Waals surface area contributed by atoms with E-state index in [1.807, 2.05) is 37.3 Å². The molecule has 0 radical (unpaired) electrons. The Morgan fingerprint density at radius 2 is 1.79 bits per heavy atom. The lowest BCUT2D eigenvalue weighted by Crippen LogP contribution is -2.61. The van der Waals surface area contributed by atoms with Crippen LogP contribution < -0.4 is 16.1 Å². The molecule has 2 aliphatic rings. The first-order chi connectivity index (χ1) is 20.0. The Morgan fingerprint density at radius 3 is 2.48 bits per heavy atom. The van der Waals surface area contributed by atoms with Crippen LogP contribution in [0.25, 0.3) is 17.0 Å². The van der Waals surface area contributed by atoms with E-state index < -0.39 is 60.0 Å². The number of carbonyl (C=O) groups excluding carboxylic acids is 4. The van der Waals surface area contributed by atoms with Crippen LogP contribution in [0.15, 0.2) is 36.4 Å². The largest absolute Gasteiger partial charge is 0.451 e. The molecule has 2 aliphatic heterocycles. The zero-order chi connectivity index (χ0) is 30.6. The van der Waals surface area contributed by atoms with E-state index >= 15 is 0 Å². The predicted molar refractivity (Wildman–Crippen MR) is 156 cm³/mol. The van der Waals surface area contributed by atoms with Crippen LogP contribution in [-0.4, -0.2) is 65.1 Å². The number of hydrogen-bond acceptors (Lipinski definition) is 7. The molecule has 3 N–H and O–H groups in total. The molecule has 3 amide bonds. The second-order valence-corrected chi connectivity index (χ2v) is 11.5. The number of nitrogens with zero attached hydrogens (tertiary/aromatic N) is 2. The highest BCUT2D eigenvalue weighted by atomic mass is 19.1. The number of alkyl halides is 1. The molecule has 3 heterocycles. The highest BCUT2D eigenvalue weighted by molar-refractivity contribution is 5.92. The smallest absolute Gasteiger partial charge is 0.319 e. The Bertz CT molecular complexity index is 1370. The normalized spacial score (nSPS) is 28.8. The van der Waals surface area contributed by atoms with Crippen molar-refractivity contribution in [1.82, 2.24) is 26.1 Å². The second-order valence-electron chi connectivity index (χ2n) is 11.5. The Morgan fingerprint density at radius 1 is 1.07 bits per heavy atom. The average Bonchev–Trinajstić information content (AvgIpc) is 2.99. The van der Waals surface area contributed by atoms with Crippen LogP contribution in [0.1, 0.15) is 71.2 Å². The van der Waals surface area contributed by atoms with Gasteiger partial charge in [0.15, 0.2) is 6.10 Å². The van der Waals surface area contributed by atoms with Crippen LogP contribution in [0.2, 0.25) is 0 Å². The molecule has 1 saturated heterocycles. The Balaban J connectivity index is 1.75. The van der Waals surface area contributed by atoms with E-state index in [4.69, 9.17) is 9.72 Å². The van der Waals surface area contributed by atoms with Gasteiger partial charge < -0.3 is 15.4 Å². The van der Waals surface area contributed by atoms with Gasteiger partial charge in [-0.05, 0) is 56.7 Å². The van der Waals surface area contributed by atoms with E-state index in [1.54, 1.807) is 26.8 Å². The SMILES string of the molecule is CCC1(CF)/C=C/c2ccc3ccc(nc3c2)[C@@H](C)NC(=O)[C@@H]2CCCN(N2)C(=O)[C@H](C)NC(=O)[C@H](C(C)C)OC1=O. The molecule has 5 atom stereocenters. The number of halogens is 1. The molecule has 5 bridgehead atoms. The average molecular weight is 582 g/mol. The van der Waals surface area contributed by atoms with Crippen LogP contribution in [-0.2, 0) is 23.9 Å². The summed E-state index contributed by atoms with van der Waals surface area (Å²) in [6.45, 7) is 7.79. The van der Waals surface area contributed by atoms with Gasteiger partial charge in [-0.2, -0.15) is 0 Å². The number of nitrogens with one attached hydrogen (secondary N) is 3. The summed E-state index contributed by atoms with van der Waals surface area (Å²) in [7, 11) is 0. The maximum absolute atomic E-state index is 14.6. The van der Waals surface area contributed by atoms with E-state index in [0.29, 0.717) is 36.2 Å². The van der Waals surface area contributed by atoms with Crippen molar-refractivity contribution in [2.75, 3.05) is 13.2 Å². The number of amides is 3. The van der Waals surface area contributed by atoms with Gasteiger partial charge in [0.1, 0.15) is 24.2 Å². The van der Waals surface area contributed by atoms with Gasteiger partial charge in [-0.15, -0.1) is 0 Å². The van der Waals surface area contributed by atoms with Crippen molar-refractivity contribution >= 4 is 40.7 Å². The highest BCUT2D eigenvalue weighted by Gasteiger charge is 2.40. The molecule has 1 unspecified atom stereocenters. The second kappa shape index (κ2) is 13.0. The number of cyclic esters (lactones) is 1. The minimum atomic E-state index is -1.61. The van der Waals surface area contributed by atoms with Crippen molar-refractivity contribution in [3.63, 3.8) is 0 Å². The van der Waals surface area contributed by atoms with Crippen molar-refractivity contribution in [1.29, 1.82) is 0 Å². The third kappa shape index (κ3) is 6.61. The highest BCUT2D eigenvalue weighted by Crippen LogP contribution is 2.30. The zero-order valence-corrected chi connectivity index (χ0v) is 24.8. The Kier molecular flexibility index (Phi) is 9.60. The molecule has 2 aromatic rings. The summed E-state index contributed by atoms with van der Waals surface area (Å²) in [5.74, 6) is -2.67. The van der Waals surface area contributed by atoms with Crippen LogP contribution in [0.4, 0.5) is 4.39 Å². The van der Waals surface area contributed by atoms with Gasteiger partial charge >= 0.3 is 5.97 Å². The fourth-order valence-electron chi connectivity index (χ4n) is 5.11. The molecule has 0 saturated carbocycles. The van der Waals surface area contributed by atoms with Gasteiger partial charge in [-0.3, -0.25) is 29.2 Å². The minimum absolute atomic E-state index is 0.106. The molecule has 10 nitrogen and oxygen atoms in total. The lowest BCUT2D eigenvalue weighted by Gasteiger charge is -2.35. The maximum atomic E-state index is 14.6. The summed E-state index contributed by atoms with van der Waals surface area (Å²) in [5, 5.41) is 7.84. The fourth-order valence-corrected chi connectivity index (χ4v) is 5.11. The summed E-state index contributed by atoms with van der Waals surface area (Å²) < 4.78 is 20.2. The topological polar surface area (TPSA) is 130 Å². The molecule has 0 aliphatic carbocycles. The van der Waals surface area contributed by atoms with E-state index in [0.717, 1.165) is 5.39 Å². The van der Waals surface area contributed by atoms with Gasteiger partial charge in [0.05, 0.1) is 17.3 Å². The van der Waals surface area contributed by atoms with Gasteiger partial charge in [0.25, 0.3) is 11.8 Å².